The second kappa shape index (κ2) is 12.4. The van der Waals surface area contributed by atoms with Crippen LogP contribution in [0.2, 0.25) is 18.1 Å². The zero-order chi connectivity index (χ0) is 25.5. The Kier molecular flexibility index (Phi) is 10.4. The lowest BCUT2D eigenvalue weighted by Gasteiger charge is -2.38. The molecule has 1 aliphatic rings. The number of ether oxygens (including phenoxy) is 3. The van der Waals surface area contributed by atoms with Gasteiger partial charge in [0.05, 0.1) is 26.7 Å². The number of hydrogen-bond donors (Lipinski definition) is 0. The van der Waals surface area contributed by atoms with E-state index in [0.717, 1.165) is 24.2 Å². The summed E-state index contributed by atoms with van der Waals surface area (Å²) in [5.41, 5.74) is 2.36. The van der Waals surface area contributed by atoms with Gasteiger partial charge in [0.25, 0.3) is 0 Å². The van der Waals surface area contributed by atoms with Gasteiger partial charge in [-0.2, -0.15) is 0 Å². The fraction of sp³-hybridized carbons (Fsp3) is 0.679. The van der Waals surface area contributed by atoms with E-state index >= 15 is 0 Å². The summed E-state index contributed by atoms with van der Waals surface area (Å²) in [4.78, 5) is 12.4. The predicted octanol–water partition coefficient (Wildman–Crippen LogP) is 6.92. The van der Waals surface area contributed by atoms with Crippen LogP contribution in [0.5, 0.6) is 5.75 Å². The van der Waals surface area contributed by atoms with E-state index in [4.69, 9.17) is 18.6 Å². The van der Waals surface area contributed by atoms with Crippen molar-refractivity contribution < 1.29 is 23.4 Å². The van der Waals surface area contributed by atoms with Gasteiger partial charge in [0.15, 0.2) is 8.32 Å². The Hall–Kier alpha value is -1.63. The topological polar surface area (TPSA) is 54.0 Å². The molecule has 192 valence electrons. The van der Waals surface area contributed by atoms with Crippen LogP contribution < -0.4 is 4.74 Å². The SMILES string of the molecule is COc1ccc(COC[C@H](C)[C@@H]2C[C@@H](/C(C)=C/C[C@H](C)O[Si](C)(C)C(C)(C)C)CC(=O)O2)cc1. The van der Waals surface area contributed by atoms with Gasteiger partial charge in [-0.05, 0) is 68.4 Å². The number of methoxy groups -OCH3 is 1. The van der Waals surface area contributed by atoms with E-state index in [9.17, 15) is 4.79 Å². The summed E-state index contributed by atoms with van der Waals surface area (Å²) in [5.74, 6) is 1.08. The molecule has 1 aliphatic heterocycles. The zero-order valence-corrected chi connectivity index (χ0v) is 23.8. The normalized spacial score (nSPS) is 21.7. The first-order valence-corrected chi connectivity index (χ1v) is 15.5. The highest BCUT2D eigenvalue weighted by Gasteiger charge is 2.38. The van der Waals surface area contributed by atoms with Crippen molar-refractivity contribution in [2.24, 2.45) is 11.8 Å². The molecule has 0 spiro atoms. The van der Waals surface area contributed by atoms with Crippen molar-refractivity contribution in [1.82, 2.24) is 0 Å². The molecule has 0 radical (unpaired) electrons. The number of benzene rings is 1. The second-order valence-electron chi connectivity index (χ2n) is 11.4. The number of cyclic esters (lactones) is 1. The van der Waals surface area contributed by atoms with Crippen molar-refractivity contribution in [2.75, 3.05) is 13.7 Å². The van der Waals surface area contributed by atoms with Crippen LogP contribution in [0.3, 0.4) is 0 Å². The molecule has 0 bridgehead atoms. The standard InChI is InChI=1S/C28H46O5Si/c1-20(10-11-22(3)33-34(8,9)28(4,5)6)24-16-26(32-27(29)17-24)21(2)18-31-19-23-12-14-25(30-7)15-13-23/h10,12-15,21-22,24,26H,11,16-19H2,1-9H3/b20-10+/t21-,22-,24+,26-/m0/s1. The Morgan fingerprint density at radius 2 is 1.85 bits per heavy atom. The first-order valence-electron chi connectivity index (χ1n) is 12.6. The largest absolute Gasteiger partial charge is 0.497 e. The summed E-state index contributed by atoms with van der Waals surface area (Å²) in [6.45, 7) is 18.9. The average Bonchev–Trinajstić information content (AvgIpc) is 2.76. The van der Waals surface area contributed by atoms with Crippen LogP contribution >= 0.6 is 0 Å². The molecular weight excluding hydrogens is 444 g/mol. The smallest absolute Gasteiger partial charge is 0.306 e. The fourth-order valence-corrected chi connectivity index (χ4v) is 5.42. The number of allylic oxidation sites excluding steroid dienone is 1. The van der Waals surface area contributed by atoms with Crippen LogP contribution in [0.25, 0.3) is 0 Å². The van der Waals surface area contributed by atoms with E-state index in [1.165, 1.54) is 5.57 Å². The van der Waals surface area contributed by atoms with Gasteiger partial charge in [-0.3, -0.25) is 4.79 Å². The summed E-state index contributed by atoms with van der Waals surface area (Å²) in [6.07, 6.45) is 4.49. The molecule has 5 nitrogen and oxygen atoms in total. The van der Waals surface area contributed by atoms with Crippen LogP contribution in [0.4, 0.5) is 0 Å². The molecule has 0 amide bonds. The number of rotatable bonds is 11. The molecule has 1 aromatic carbocycles. The molecule has 0 aliphatic carbocycles. The number of esters is 1. The summed E-state index contributed by atoms with van der Waals surface area (Å²) >= 11 is 0. The Balaban J connectivity index is 1.86. The molecule has 0 aromatic heterocycles. The van der Waals surface area contributed by atoms with E-state index < -0.39 is 8.32 Å². The van der Waals surface area contributed by atoms with Crippen LogP contribution in [0.1, 0.15) is 66.4 Å². The monoisotopic (exact) mass is 490 g/mol. The maximum Gasteiger partial charge on any atom is 0.306 e. The Labute approximate surface area is 208 Å². The minimum Gasteiger partial charge on any atom is -0.497 e. The second-order valence-corrected chi connectivity index (χ2v) is 16.1. The van der Waals surface area contributed by atoms with Gasteiger partial charge in [0.2, 0.25) is 0 Å². The van der Waals surface area contributed by atoms with Gasteiger partial charge in [-0.25, -0.2) is 0 Å². The third kappa shape index (κ3) is 8.54. The van der Waals surface area contributed by atoms with Crippen molar-refractivity contribution in [2.45, 2.75) is 97.8 Å². The summed E-state index contributed by atoms with van der Waals surface area (Å²) in [6, 6.07) is 7.88. The van der Waals surface area contributed by atoms with Crippen LogP contribution in [0, 0.1) is 11.8 Å². The van der Waals surface area contributed by atoms with Crippen LogP contribution in [0.15, 0.2) is 35.9 Å². The Morgan fingerprint density at radius 3 is 2.44 bits per heavy atom. The molecule has 1 heterocycles. The van der Waals surface area contributed by atoms with Crippen LogP contribution in [-0.2, 0) is 25.3 Å². The zero-order valence-electron chi connectivity index (χ0n) is 22.8. The number of carbonyl (C=O) groups is 1. The van der Waals surface area contributed by atoms with Crippen molar-refractivity contribution in [3.05, 3.63) is 41.5 Å². The molecule has 1 fully saturated rings. The maximum absolute atomic E-state index is 12.4. The molecule has 0 saturated carbocycles. The Morgan fingerprint density at radius 1 is 1.21 bits per heavy atom. The predicted molar refractivity (Wildman–Crippen MR) is 141 cm³/mol. The molecule has 34 heavy (non-hydrogen) atoms. The van der Waals surface area contributed by atoms with Gasteiger partial charge in [-0.15, -0.1) is 0 Å². The molecular formula is C28H46O5Si. The third-order valence-electron chi connectivity index (χ3n) is 7.37. The maximum atomic E-state index is 12.4. The van der Waals surface area contributed by atoms with Gasteiger partial charge in [0, 0.05) is 12.0 Å². The highest BCUT2D eigenvalue weighted by molar-refractivity contribution is 6.74. The van der Waals surface area contributed by atoms with E-state index in [1.54, 1.807) is 7.11 Å². The minimum absolute atomic E-state index is 0.110. The highest BCUT2D eigenvalue weighted by Crippen LogP contribution is 2.38. The van der Waals surface area contributed by atoms with Crippen molar-refractivity contribution in [3.8, 4) is 5.75 Å². The van der Waals surface area contributed by atoms with Crippen LogP contribution in [-0.4, -0.2) is 40.2 Å². The molecule has 4 atom stereocenters. The summed E-state index contributed by atoms with van der Waals surface area (Å²) in [5, 5.41) is 0.200. The molecule has 1 saturated heterocycles. The lowest BCUT2D eigenvalue weighted by molar-refractivity contribution is -0.160. The lowest BCUT2D eigenvalue weighted by Crippen LogP contribution is -2.43. The van der Waals surface area contributed by atoms with Crippen molar-refractivity contribution in [1.29, 1.82) is 0 Å². The molecule has 0 unspecified atom stereocenters. The van der Waals surface area contributed by atoms with E-state index in [2.05, 4.69) is 60.7 Å². The number of carbonyl (C=O) groups excluding carboxylic acids is 1. The summed E-state index contributed by atoms with van der Waals surface area (Å²) < 4.78 is 23.3. The lowest BCUT2D eigenvalue weighted by atomic mass is 9.84. The van der Waals surface area contributed by atoms with E-state index in [0.29, 0.717) is 19.6 Å². The van der Waals surface area contributed by atoms with Gasteiger partial charge >= 0.3 is 5.97 Å². The fourth-order valence-electron chi connectivity index (χ4n) is 3.96. The van der Waals surface area contributed by atoms with Crippen molar-refractivity contribution in [3.63, 3.8) is 0 Å². The van der Waals surface area contributed by atoms with Gasteiger partial charge in [-0.1, -0.05) is 51.5 Å². The molecule has 0 N–H and O–H groups in total. The quantitative estimate of drug-likeness (QED) is 0.191. The first-order chi connectivity index (χ1) is 15.8. The Bertz CT molecular complexity index is 809. The van der Waals surface area contributed by atoms with Gasteiger partial charge in [0.1, 0.15) is 11.9 Å². The average molecular weight is 491 g/mol. The van der Waals surface area contributed by atoms with E-state index in [-0.39, 0.29) is 35.1 Å². The molecule has 2 rings (SSSR count). The minimum atomic E-state index is -1.78. The number of hydrogen-bond acceptors (Lipinski definition) is 5. The first kappa shape index (κ1) is 28.6. The summed E-state index contributed by atoms with van der Waals surface area (Å²) in [7, 11) is -0.123. The third-order valence-corrected chi connectivity index (χ3v) is 12.0. The highest BCUT2D eigenvalue weighted by atomic mass is 28.4. The van der Waals surface area contributed by atoms with E-state index in [1.807, 2.05) is 24.3 Å². The molecule has 6 heteroatoms. The van der Waals surface area contributed by atoms with Gasteiger partial charge < -0.3 is 18.6 Å². The molecule has 1 aromatic rings. The van der Waals surface area contributed by atoms with Crippen molar-refractivity contribution >= 4 is 14.3 Å².